The van der Waals surface area contributed by atoms with Crippen molar-refractivity contribution in [1.29, 1.82) is 0 Å². The Labute approximate surface area is 131 Å². The number of aliphatic hydroxyl groups is 1. The van der Waals surface area contributed by atoms with Crippen molar-refractivity contribution < 1.29 is 9.52 Å². The second-order valence-corrected chi connectivity index (χ2v) is 6.24. The molecule has 1 saturated heterocycles. The summed E-state index contributed by atoms with van der Waals surface area (Å²) in [5, 5.41) is 9.64. The molecule has 0 saturated carbocycles. The van der Waals surface area contributed by atoms with Crippen molar-refractivity contribution in [2.45, 2.75) is 51.8 Å². The lowest BCUT2D eigenvalue weighted by atomic mass is 10.1. The number of oxazole rings is 1. The fraction of sp³-hybridized carbons (Fsp3) is 0.500. The normalized spacial score (nSPS) is 20.4. The lowest BCUT2D eigenvalue weighted by Gasteiger charge is -2.24. The molecule has 1 aromatic heterocycles. The largest absolute Gasteiger partial charge is 0.441 e. The van der Waals surface area contributed by atoms with Crippen LogP contribution in [-0.4, -0.2) is 33.7 Å². The predicted molar refractivity (Wildman–Crippen MR) is 86.4 cm³/mol. The quantitative estimate of drug-likeness (QED) is 0.919. The Morgan fingerprint density at radius 1 is 1.36 bits per heavy atom. The molecule has 0 aliphatic carbocycles. The molecule has 4 heteroatoms. The van der Waals surface area contributed by atoms with Crippen LogP contribution in [0.5, 0.6) is 0 Å². The van der Waals surface area contributed by atoms with Crippen molar-refractivity contribution in [3.8, 4) is 11.5 Å². The van der Waals surface area contributed by atoms with E-state index in [1.165, 1.54) is 6.42 Å². The summed E-state index contributed by atoms with van der Waals surface area (Å²) >= 11 is 0. The first kappa shape index (κ1) is 15.3. The molecular weight excluding hydrogens is 276 g/mol. The van der Waals surface area contributed by atoms with E-state index >= 15 is 0 Å². The van der Waals surface area contributed by atoms with Crippen LogP contribution < -0.4 is 0 Å². The molecule has 0 radical (unpaired) electrons. The second-order valence-electron chi connectivity index (χ2n) is 6.24. The molecule has 2 unspecified atom stereocenters. The Bertz CT molecular complexity index is 607. The first-order valence-electron chi connectivity index (χ1n) is 8.07. The van der Waals surface area contributed by atoms with Gasteiger partial charge in [0.2, 0.25) is 5.89 Å². The van der Waals surface area contributed by atoms with Gasteiger partial charge >= 0.3 is 0 Å². The molecule has 0 spiro atoms. The summed E-state index contributed by atoms with van der Waals surface area (Å²) in [4.78, 5) is 7.11. The van der Waals surface area contributed by atoms with Gasteiger partial charge in [-0.2, -0.15) is 0 Å². The van der Waals surface area contributed by atoms with E-state index in [9.17, 15) is 5.11 Å². The highest BCUT2D eigenvalue weighted by Gasteiger charge is 2.27. The third-order valence-corrected chi connectivity index (χ3v) is 4.38. The minimum Gasteiger partial charge on any atom is -0.441 e. The van der Waals surface area contributed by atoms with Crippen molar-refractivity contribution in [2.75, 3.05) is 6.54 Å². The van der Waals surface area contributed by atoms with E-state index in [0.717, 1.165) is 42.9 Å². The number of rotatable bonds is 5. The van der Waals surface area contributed by atoms with Crippen LogP contribution >= 0.6 is 0 Å². The van der Waals surface area contributed by atoms with E-state index < -0.39 is 0 Å². The number of hydrogen-bond donors (Lipinski definition) is 1. The lowest BCUT2D eigenvalue weighted by Crippen LogP contribution is -2.31. The summed E-state index contributed by atoms with van der Waals surface area (Å²) in [5.41, 5.74) is 2.02. The third kappa shape index (κ3) is 3.39. The first-order chi connectivity index (χ1) is 10.6. The number of likely N-dealkylation sites (tertiary alicyclic amines) is 1. The molecule has 2 atom stereocenters. The zero-order chi connectivity index (χ0) is 15.5. The fourth-order valence-electron chi connectivity index (χ4n) is 3.24. The van der Waals surface area contributed by atoms with Gasteiger partial charge in [-0.3, -0.25) is 4.90 Å². The molecule has 1 aliphatic rings. The standard InChI is InChI=1S/C18H24N2O2/c1-13(21)11-16-9-6-10-20(16)12-17-14(2)22-18(19-17)15-7-4-3-5-8-15/h3-5,7-8,13,16,21H,6,9-12H2,1-2H3. The maximum Gasteiger partial charge on any atom is 0.226 e. The molecule has 0 amide bonds. The van der Waals surface area contributed by atoms with Crippen LogP contribution in [0.2, 0.25) is 0 Å². The maximum absolute atomic E-state index is 9.64. The SMILES string of the molecule is Cc1oc(-c2ccccc2)nc1CN1CCCC1CC(C)O. The minimum absolute atomic E-state index is 0.246. The van der Waals surface area contributed by atoms with E-state index in [4.69, 9.17) is 4.42 Å². The number of aliphatic hydroxyl groups excluding tert-OH is 1. The fourth-order valence-corrected chi connectivity index (χ4v) is 3.24. The highest BCUT2D eigenvalue weighted by Crippen LogP contribution is 2.27. The molecule has 1 N–H and O–H groups in total. The summed E-state index contributed by atoms with van der Waals surface area (Å²) in [6, 6.07) is 10.5. The topological polar surface area (TPSA) is 49.5 Å². The maximum atomic E-state index is 9.64. The van der Waals surface area contributed by atoms with Gasteiger partial charge in [0, 0.05) is 18.2 Å². The summed E-state index contributed by atoms with van der Waals surface area (Å²) in [6.45, 7) is 5.73. The van der Waals surface area contributed by atoms with Gasteiger partial charge in [-0.25, -0.2) is 4.98 Å². The highest BCUT2D eigenvalue weighted by molar-refractivity contribution is 5.53. The van der Waals surface area contributed by atoms with Crippen molar-refractivity contribution in [1.82, 2.24) is 9.88 Å². The van der Waals surface area contributed by atoms with Crippen LogP contribution in [0.4, 0.5) is 0 Å². The van der Waals surface area contributed by atoms with Gasteiger partial charge in [-0.1, -0.05) is 18.2 Å². The van der Waals surface area contributed by atoms with E-state index in [2.05, 4.69) is 9.88 Å². The lowest BCUT2D eigenvalue weighted by molar-refractivity contribution is 0.130. The number of benzene rings is 1. The van der Waals surface area contributed by atoms with Crippen molar-refractivity contribution in [2.24, 2.45) is 0 Å². The van der Waals surface area contributed by atoms with Crippen molar-refractivity contribution in [3.63, 3.8) is 0 Å². The van der Waals surface area contributed by atoms with Gasteiger partial charge in [0.05, 0.1) is 11.8 Å². The minimum atomic E-state index is -0.246. The smallest absolute Gasteiger partial charge is 0.226 e. The van der Waals surface area contributed by atoms with Gasteiger partial charge in [-0.15, -0.1) is 0 Å². The first-order valence-corrected chi connectivity index (χ1v) is 8.07. The van der Waals surface area contributed by atoms with Crippen LogP contribution in [0.15, 0.2) is 34.7 Å². The number of aromatic nitrogens is 1. The highest BCUT2D eigenvalue weighted by atomic mass is 16.4. The van der Waals surface area contributed by atoms with Gasteiger partial charge in [0.25, 0.3) is 0 Å². The van der Waals surface area contributed by atoms with Gasteiger partial charge in [0.1, 0.15) is 5.76 Å². The predicted octanol–water partition coefficient (Wildman–Crippen LogP) is 3.39. The molecule has 1 aromatic carbocycles. The monoisotopic (exact) mass is 300 g/mol. The Hall–Kier alpha value is -1.65. The molecular formula is C18H24N2O2. The Morgan fingerprint density at radius 3 is 2.86 bits per heavy atom. The molecule has 2 heterocycles. The summed E-state index contributed by atoms with van der Waals surface area (Å²) in [6.07, 6.45) is 2.94. The van der Waals surface area contributed by atoms with E-state index in [0.29, 0.717) is 11.9 Å². The van der Waals surface area contributed by atoms with Crippen molar-refractivity contribution >= 4 is 0 Å². The van der Waals surface area contributed by atoms with E-state index in [1.807, 2.05) is 44.2 Å². The molecule has 118 valence electrons. The summed E-state index contributed by atoms with van der Waals surface area (Å²) in [5.74, 6) is 1.58. The van der Waals surface area contributed by atoms with Gasteiger partial charge in [0.15, 0.2) is 0 Å². The molecule has 0 bridgehead atoms. The second kappa shape index (κ2) is 6.63. The average Bonchev–Trinajstić information content (AvgIpc) is 3.08. The molecule has 4 nitrogen and oxygen atoms in total. The number of nitrogens with zero attached hydrogens (tertiary/aromatic N) is 2. The third-order valence-electron chi connectivity index (χ3n) is 4.38. The van der Waals surface area contributed by atoms with Crippen LogP contribution in [0, 0.1) is 6.92 Å². The van der Waals surface area contributed by atoms with Gasteiger partial charge in [-0.05, 0) is 51.8 Å². The molecule has 22 heavy (non-hydrogen) atoms. The molecule has 1 aliphatic heterocycles. The van der Waals surface area contributed by atoms with Crippen LogP contribution in [-0.2, 0) is 6.54 Å². The van der Waals surface area contributed by atoms with Crippen LogP contribution in [0.3, 0.4) is 0 Å². The van der Waals surface area contributed by atoms with E-state index in [-0.39, 0.29) is 6.10 Å². The van der Waals surface area contributed by atoms with Crippen molar-refractivity contribution in [3.05, 3.63) is 41.8 Å². The molecule has 3 rings (SSSR count). The summed E-state index contributed by atoms with van der Waals surface area (Å²) < 4.78 is 5.84. The number of hydrogen-bond acceptors (Lipinski definition) is 4. The van der Waals surface area contributed by atoms with Crippen LogP contribution in [0.25, 0.3) is 11.5 Å². The Balaban J connectivity index is 1.74. The van der Waals surface area contributed by atoms with Crippen LogP contribution in [0.1, 0.15) is 37.6 Å². The Morgan fingerprint density at radius 2 is 2.14 bits per heavy atom. The van der Waals surface area contributed by atoms with Gasteiger partial charge < -0.3 is 9.52 Å². The zero-order valence-electron chi connectivity index (χ0n) is 13.3. The average molecular weight is 300 g/mol. The Kier molecular flexibility index (Phi) is 4.60. The van der Waals surface area contributed by atoms with E-state index in [1.54, 1.807) is 0 Å². The number of aryl methyl sites for hydroxylation is 1. The zero-order valence-corrected chi connectivity index (χ0v) is 13.3. The molecule has 1 fully saturated rings. The molecule has 2 aromatic rings. The summed E-state index contributed by atoms with van der Waals surface area (Å²) in [7, 11) is 0.